The highest BCUT2D eigenvalue weighted by Gasteiger charge is 2.15. The van der Waals surface area contributed by atoms with Crippen LogP contribution in [0.15, 0.2) is 32.8 Å². The first-order valence-corrected chi connectivity index (χ1v) is 5.96. The van der Waals surface area contributed by atoms with Gasteiger partial charge in [0.15, 0.2) is 10.9 Å². The van der Waals surface area contributed by atoms with Gasteiger partial charge >= 0.3 is 0 Å². The van der Waals surface area contributed by atoms with E-state index in [0.29, 0.717) is 10.9 Å². The van der Waals surface area contributed by atoms with E-state index < -0.39 is 5.56 Å². The minimum atomic E-state index is -0.440. The molecule has 17 heavy (non-hydrogen) atoms. The summed E-state index contributed by atoms with van der Waals surface area (Å²) in [6, 6.07) is 5.20. The molecule has 0 aliphatic heterocycles. The first kappa shape index (κ1) is 11.5. The number of hydrogen-bond acceptors (Lipinski definition) is 5. The van der Waals surface area contributed by atoms with Crippen LogP contribution in [0, 0.1) is 11.3 Å². The number of aromatic nitrogens is 2. The first-order chi connectivity index (χ1) is 8.26. The fourth-order valence-corrected chi connectivity index (χ4v) is 1.95. The number of nitrogens with zero attached hydrogens (tertiary/aromatic N) is 2. The van der Waals surface area contributed by atoms with Gasteiger partial charge in [-0.25, -0.2) is 4.98 Å². The van der Waals surface area contributed by atoms with Crippen LogP contribution in [0.3, 0.4) is 0 Å². The summed E-state index contributed by atoms with van der Waals surface area (Å²) < 4.78 is 5.17. The van der Waals surface area contributed by atoms with Crippen molar-refractivity contribution in [3.05, 3.63) is 34.3 Å². The third-order valence-electron chi connectivity index (χ3n) is 2.05. The van der Waals surface area contributed by atoms with E-state index in [4.69, 9.17) is 9.68 Å². The molecule has 2 aromatic heterocycles. The van der Waals surface area contributed by atoms with Crippen LogP contribution in [0.4, 0.5) is 0 Å². The Morgan fingerprint density at radius 1 is 1.65 bits per heavy atom. The zero-order chi connectivity index (χ0) is 12.3. The fourth-order valence-electron chi connectivity index (χ4n) is 1.35. The quantitative estimate of drug-likeness (QED) is 0.662. The lowest BCUT2D eigenvalue weighted by Crippen LogP contribution is -2.14. The van der Waals surface area contributed by atoms with E-state index in [-0.39, 0.29) is 11.3 Å². The van der Waals surface area contributed by atoms with Crippen LogP contribution in [0.25, 0.3) is 11.5 Å². The predicted molar refractivity (Wildman–Crippen MR) is 63.7 cm³/mol. The first-order valence-electron chi connectivity index (χ1n) is 4.97. The SMILES string of the molecule is CCSc1nc(-c2ccco2)c(C#N)c(=O)[nH]1. The van der Waals surface area contributed by atoms with Crippen LogP contribution >= 0.6 is 11.8 Å². The van der Waals surface area contributed by atoms with E-state index in [0.717, 1.165) is 5.75 Å². The molecule has 0 spiro atoms. The fraction of sp³-hybridized carbons (Fsp3) is 0.182. The molecule has 0 fully saturated rings. The molecule has 0 saturated heterocycles. The standard InChI is InChI=1S/C11H9N3O2S/c1-2-17-11-13-9(8-4-3-5-16-8)7(6-12)10(15)14-11/h3-5H,2H2,1H3,(H,13,14,15). The molecule has 6 heteroatoms. The van der Waals surface area contributed by atoms with Gasteiger partial charge in [0.25, 0.3) is 5.56 Å². The van der Waals surface area contributed by atoms with Gasteiger partial charge in [0.05, 0.1) is 6.26 Å². The van der Waals surface area contributed by atoms with Crippen LogP contribution in [-0.4, -0.2) is 15.7 Å². The van der Waals surface area contributed by atoms with Crippen LogP contribution in [0.5, 0.6) is 0 Å². The van der Waals surface area contributed by atoms with E-state index in [1.165, 1.54) is 18.0 Å². The lowest BCUT2D eigenvalue weighted by atomic mass is 10.2. The molecule has 0 atom stereocenters. The minimum Gasteiger partial charge on any atom is -0.463 e. The van der Waals surface area contributed by atoms with Gasteiger partial charge in [0.2, 0.25) is 0 Å². The summed E-state index contributed by atoms with van der Waals surface area (Å²) in [5, 5.41) is 9.45. The number of nitriles is 1. The van der Waals surface area contributed by atoms with E-state index in [1.54, 1.807) is 12.1 Å². The van der Waals surface area contributed by atoms with E-state index >= 15 is 0 Å². The summed E-state index contributed by atoms with van der Waals surface area (Å²) in [5.74, 6) is 1.21. The average molecular weight is 247 g/mol. The highest BCUT2D eigenvalue weighted by Crippen LogP contribution is 2.21. The Morgan fingerprint density at radius 2 is 2.47 bits per heavy atom. The second-order valence-corrected chi connectivity index (χ2v) is 4.37. The van der Waals surface area contributed by atoms with Crippen molar-refractivity contribution in [2.24, 2.45) is 0 Å². The molecule has 0 aliphatic carbocycles. The predicted octanol–water partition coefficient (Wildman–Crippen LogP) is 2.01. The van der Waals surface area contributed by atoms with Gasteiger partial charge in [-0.2, -0.15) is 5.26 Å². The van der Waals surface area contributed by atoms with Crippen molar-refractivity contribution in [2.75, 3.05) is 5.75 Å². The van der Waals surface area contributed by atoms with Crippen molar-refractivity contribution in [3.63, 3.8) is 0 Å². The molecule has 0 radical (unpaired) electrons. The molecular formula is C11H9N3O2S. The number of furan rings is 1. The van der Waals surface area contributed by atoms with Crippen molar-refractivity contribution in [2.45, 2.75) is 12.1 Å². The maximum atomic E-state index is 11.7. The summed E-state index contributed by atoms with van der Waals surface area (Å²) in [6.07, 6.45) is 1.48. The van der Waals surface area contributed by atoms with Gasteiger partial charge < -0.3 is 9.40 Å². The molecule has 2 heterocycles. The summed E-state index contributed by atoms with van der Waals surface area (Å²) in [7, 11) is 0. The monoisotopic (exact) mass is 247 g/mol. The van der Waals surface area contributed by atoms with Crippen LogP contribution < -0.4 is 5.56 Å². The maximum Gasteiger partial charge on any atom is 0.270 e. The van der Waals surface area contributed by atoms with Gasteiger partial charge in [-0.3, -0.25) is 4.79 Å². The van der Waals surface area contributed by atoms with Crippen molar-refractivity contribution >= 4 is 11.8 Å². The van der Waals surface area contributed by atoms with E-state index in [1.807, 2.05) is 13.0 Å². The van der Waals surface area contributed by atoms with Gasteiger partial charge in [-0.15, -0.1) is 0 Å². The maximum absolute atomic E-state index is 11.7. The molecule has 0 saturated carbocycles. The molecule has 0 amide bonds. The Kier molecular flexibility index (Phi) is 3.30. The third-order valence-corrected chi connectivity index (χ3v) is 2.80. The van der Waals surface area contributed by atoms with E-state index in [9.17, 15) is 4.79 Å². The summed E-state index contributed by atoms with van der Waals surface area (Å²) in [6.45, 7) is 1.95. The topological polar surface area (TPSA) is 82.7 Å². The molecule has 0 bridgehead atoms. The second-order valence-electron chi connectivity index (χ2n) is 3.12. The molecular weight excluding hydrogens is 238 g/mol. The highest BCUT2D eigenvalue weighted by atomic mass is 32.2. The molecule has 0 unspecified atom stereocenters. The number of nitrogens with one attached hydrogen (secondary N) is 1. The molecule has 2 rings (SSSR count). The van der Waals surface area contributed by atoms with E-state index in [2.05, 4.69) is 9.97 Å². The molecule has 0 aromatic carbocycles. The Hall–Kier alpha value is -2.00. The van der Waals surface area contributed by atoms with Gasteiger partial charge in [0.1, 0.15) is 17.3 Å². The number of rotatable bonds is 3. The number of hydrogen-bond donors (Lipinski definition) is 1. The van der Waals surface area contributed by atoms with Crippen molar-refractivity contribution in [1.82, 2.24) is 9.97 Å². The largest absolute Gasteiger partial charge is 0.463 e. The normalized spacial score (nSPS) is 10.1. The summed E-state index contributed by atoms with van der Waals surface area (Å²) >= 11 is 1.40. The molecule has 1 N–H and O–H groups in total. The zero-order valence-corrected chi connectivity index (χ0v) is 9.87. The Balaban J connectivity index is 2.64. The Morgan fingerprint density at radius 3 is 3.06 bits per heavy atom. The van der Waals surface area contributed by atoms with Crippen molar-refractivity contribution in [1.29, 1.82) is 5.26 Å². The van der Waals surface area contributed by atoms with Crippen LogP contribution in [-0.2, 0) is 0 Å². The van der Waals surface area contributed by atoms with Gasteiger partial charge in [-0.05, 0) is 17.9 Å². The third kappa shape index (κ3) is 2.24. The van der Waals surface area contributed by atoms with Crippen LogP contribution in [0.1, 0.15) is 12.5 Å². The lowest BCUT2D eigenvalue weighted by molar-refractivity contribution is 0.578. The van der Waals surface area contributed by atoms with Crippen LogP contribution in [0.2, 0.25) is 0 Å². The second kappa shape index (κ2) is 4.89. The van der Waals surface area contributed by atoms with Gasteiger partial charge in [-0.1, -0.05) is 18.7 Å². The summed E-state index contributed by atoms with van der Waals surface area (Å²) in [4.78, 5) is 18.5. The zero-order valence-electron chi connectivity index (χ0n) is 9.06. The highest BCUT2D eigenvalue weighted by molar-refractivity contribution is 7.99. The number of H-pyrrole nitrogens is 1. The van der Waals surface area contributed by atoms with Crippen molar-refractivity contribution in [3.8, 4) is 17.5 Å². The molecule has 0 aliphatic rings. The Labute approximate surface area is 101 Å². The average Bonchev–Trinajstić information content (AvgIpc) is 2.82. The number of aromatic amines is 1. The smallest absolute Gasteiger partial charge is 0.270 e. The number of thioether (sulfide) groups is 1. The molecule has 2 aromatic rings. The molecule has 86 valence electrons. The lowest BCUT2D eigenvalue weighted by Gasteiger charge is -2.02. The molecule has 5 nitrogen and oxygen atoms in total. The van der Waals surface area contributed by atoms with Gasteiger partial charge in [0, 0.05) is 0 Å². The van der Waals surface area contributed by atoms with Crippen molar-refractivity contribution < 1.29 is 4.42 Å². The Bertz CT molecular complexity index is 611. The minimum absolute atomic E-state index is 0.0274. The summed E-state index contributed by atoms with van der Waals surface area (Å²) in [5.41, 5.74) is -0.178.